The first-order valence-electron chi connectivity index (χ1n) is 4.53. The highest BCUT2D eigenvalue weighted by Gasteiger charge is 2.30. The number of allylic oxidation sites excluding steroid dienone is 1. The number of hydrogen-bond acceptors (Lipinski definition) is 3. The SMILES string of the molecule is CCC/C=C1/NC(=O)C(CC(=O)O)S1. The largest absolute Gasteiger partial charge is 0.481 e. The number of aliphatic carboxylic acids is 1. The van der Waals surface area contributed by atoms with Crippen molar-refractivity contribution in [3.05, 3.63) is 11.1 Å². The van der Waals surface area contributed by atoms with E-state index >= 15 is 0 Å². The van der Waals surface area contributed by atoms with E-state index in [-0.39, 0.29) is 12.3 Å². The van der Waals surface area contributed by atoms with E-state index in [4.69, 9.17) is 5.11 Å². The molecule has 5 heteroatoms. The molecule has 0 aromatic heterocycles. The highest BCUT2D eigenvalue weighted by Crippen LogP contribution is 2.29. The summed E-state index contributed by atoms with van der Waals surface area (Å²) in [4.78, 5) is 21.7. The normalized spacial score (nSPS) is 23.9. The topological polar surface area (TPSA) is 66.4 Å². The molecule has 1 fully saturated rings. The van der Waals surface area contributed by atoms with Crippen LogP contribution in [-0.4, -0.2) is 22.2 Å². The molecule has 1 heterocycles. The minimum Gasteiger partial charge on any atom is -0.481 e. The van der Waals surface area contributed by atoms with Gasteiger partial charge in [0, 0.05) is 0 Å². The molecule has 78 valence electrons. The Hall–Kier alpha value is -0.970. The van der Waals surface area contributed by atoms with Gasteiger partial charge in [0.2, 0.25) is 5.91 Å². The predicted molar refractivity (Wildman–Crippen MR) is 54.8 cm³/mol. The van der Waals surface area contributed by atoms with E-state index in [0.29, 0.717) is 0 Å². The smallest absolute Gasteiger partial charge is 0.305 e. The van der Waals surface area contributed by atoms with Gasteiger partial charge in [-0.2, -0.15) is 0 Å². The molecule has 0 aromatic rings. The fourth-order valence-corrected chi connectivity index (χ4v) is 2.18. The number of carboxylic acids is 1. The molecule has 2 N–H and O–H groups in total. The number of hydrogen-bond donors (Lipinski definition) is 2. The van der Waals surface area contributed by atoms with Crippen LogP contribution in [0.15, 0.2) is 11.1 Å². The number of amides is 1. The summed E-state index contributed by atoms with van der Waals surface area (Å²) >= 11 is 1.31. The molecule has 1 atom stereocenters. The number of nitrogens with one attached hydrogen (secondary N) is 1. The molecule has 0 aliphatic carbocycles. The Morgan fingerprint density at radius 1 is 1.71 bits per heavy atom. The lowest BCUT2D eigenvalue weighted by molar-refractivity contribution is -0.138. The van der Waals surface area contributed by atoms with E-state index in [2.05, 4.69) is 5.32 Å². The van der Waals surface area contributed by atoms with Crippen molar-refractivity contribution < 1.29 is 14.7 Å². The van der Waals surface area contributed by atoms with Gasteiger partial charge < -0.3 is 10.4 Å². The summed E-state index contributed by atoms with van der Waals surface area (Å²) < 4.78 is 0. The number of carbonyl (C=O) groups excluding carboxylic acids is 1. The average Bonchev–Trinajstić information content (AvgIpc) is 2.43. The molecular formula is C9H13NO3S. The highest BCUT2D eigenvalue weighted by atomic mass is 32.2. The van der Waals surface area contributed by atoms with Crippen molar-refractivity contribution in [1.82, 2.24) is 5.32 Å². The Balaban J connectivity index is 2.51. The standard InChI is InChI=1S/C9H13NO3S/c1-2-3-4-7-10-9(13)6(14-7)5-8(11)12/h4,6H,2-3,5H2,1H3,(H,10,13)(H,11,12)/b7-4-. The third kappa shape index (κ3) is 3.06. The van der Waals surface area contributed by atoms with Crippen molar-refractivity contribution in [2.45, 2.75) is 31.4 Å². The Morgan fingerprint density at radius 3 is 3.00 bits per heavy atom. The summed E-state index contributed by atoms with van der Waals surface area (Å²) in [5.41, 5.74) is 0. The number of rotatable bonds is 4. The van der Waals surface area contributed by atoms with E-state index in [1.165, 1.54) is 11.8 Å². The maximum absolute atomic E-state index is 11.2. The van der Waals surface area contributed by atoms with Crippen LogP contribution in [0.25, 0.3) is 0 Å². The van der Waals surface area contributed by atoms with Gasteiger partial charge in [-0.1, -0.05) is 31.2 Å². The van der Waals surface area contributed by atoms with Crippen LogP contribution in [0.4, 0.5) is 0 Å². The summed E-state index contributed by atoms with van der Waals surface area (Å²) in [6.45, 7) is 2.05. The van der Waals surface area contributed by atoms with Gasteiger partial charge in [-0.15, -0.1) is 0 Å². The zero-order valence-electron chi connectivity index (χ0n) is 7.95. The lowest BCUT2D eigenvalue weighted by atomic mass is 10.3. The molecular weight excluding hydrogens is 202 g/mol. The Kier molecular flexibility index (Phi) is 4.00. The quantitative estimate of drug-likeness (QED) is 0.742. The van der Waals surface area contributed by atoms with Gasteiger partial charge in [0.05, 0.1) is 11.4 Å². The molecule has 0 bridgehead atoms. The number of carboxylic acid groups (broad SMARTS) is 1. The third-order valence-corrected chi connectivity index (χ3v) is 2.97. The average molecular weight is 215 g/mol. The summed E-state index contributed by atoms with van der Waals surface area (Å²) in [5, 5.41) is 11.5. The second-order valence-corrected chi connectivity index (χ2v) is 4.30. The van der Waals surface area contributed by atoms with Crippen molar-refractivity contribution in [2.24, 2.45) is 0 Å². The van der Waals surface area contributed by atoms with Crippen molar-refractivity contribution in [2.75, 3.05) is 0 Å². The Labute approximate surface area is 86.8 Å². The van der Waals surface area contributed by atoms with Crippen LogP contribution >= 0.6 is 11.8 Å². The second kappa shape index (κ2) is 5.05. The molecule has 0 radical (unpaired) electrons. The number of carbonyl (C=O) groups is 2. The summed E-state index contributed by atoms with van der Waals surface area (Å²) in [5.74, 6) is -1.13. The van der Waals surface area contributed by atoms with Crippen LogP contribution in [0.2, 0.25) is 0 Å². The van der Waals surface area contributed by atoms with E-state index in [1.54, 1.807) is 0 Å². The van der Waals surface area contributed by atoms with Crippen LogP contribution < -0.4 is 5.32 Å². The molecule has 1 aliphatic rings. The third-order valence-electron chi connectivity index (χ3n) is 1.79. The Bertz CT molecular complexity index is 275. The fraction of sp³-hybridized carbons (Fsp3) is 0.556. The van der Waals surface area contributed by atoms with E-state index in [1.807, 2.05) is 13.0 Å². The maximum Gasteiger partial charge on any atom is 0.305 e. The zero-order valence-corrected chi connectivity index (χ0v) is 8.76. The zero-order chi connectivity index (χ0) is 10.6. The van der Waals surface area contributed by atoms with Crippen LogP contribution in [0, 0.1) is 0 Å². The monoisotopic (exact) mass is 215 g/mol. The molecule has 1 aliphatic heterocycles. The first kappa shape index (κ1) is 11.1. The van der Waals surface area contributed by atoms with Crippen LogP contribution in [0.3, 0.4) is 0 Å². The Morgan fingerprint density at radius 2 is 2.43 bits per heavy atom. The van der Waals surface area contributed by atoms with E-state index < -0.39 is 11.2 Å². The van der Waals surface area contributed by atoms with Gasteiger partial charge in [-0.25, -0.2) is 0 Å². The lowest BCUT2D eigenvalue weighted by Crippen LogP contribution is -2.24. The molecule has 1 rings (SSSR count). The molecule has 1 unspecified atom stereocenters. The lowest BCUT2D eigenvalue weighted by Gasteiger charge is -1.98. The van der Waals surface area contributed by atoms with Crippen LogP contribution in [-0.2, 0) is 9.59 Å². The minimum atomic E-state index is -0.936. The molecule has 1 saturated heterocycles. The molecule has 14 heavy (non-hydrogen) atoms. The van der Waals surface area contributed by atoms with Gasteiger partial charge in [0.15, 0.2) is 0 Å². The second-order valence-electron chi connectivity index (χ2n) is 3.05. The summed E-state index contributed by atoms with van der Waals surface area (Å²) in [6.07, 6.45) is 3.75. The number of unbranched alkanes of at least 4 members (excludes halogenated alkanes) is 1. The van der Waals surface area contributed by atoms with E-state index in [0.717, 1.165) is 17.9 Å². The van der Waals surface area contributed by atoms with Crippen molar-refractivity contribution >= 4 is 23.6 Å². The fourth-order valence-electron chi connectivity index (χ4n) is 1.11. The maximum atomic E-state index is 11.2. The number of thioether (sulfide) groups is 1. The van der Waals surface area contributed by atoms with Crippen molar-refractivity contribution in [1.29, 1.82) is 0 Å². The molecule has 0 saturated carbocycles. The molecule has 0 spiro atoms. The molecule has 4 nitrogen and oxygen atoms in total. The molecule has 1 amide bonds. The molecule has 0 aromatic carbocycles. The minimum absolute atomic E-state index is 0.111. The van der Waals surface area contributed by atoms with Crippen LogP contribution in [0.1, 0.15) is 26.2 Å². The van der Waals surface area contributed by atoms with Crippen molar-refractivity contribution in [3.63, 3.8) is 0 Å². The van der Waals surface area contributed by atoms with Crippen LogP contribution in [0.5, 0.6) is 0 Å². The first-order valence-corrected chi connectivity index (χ1v) is 5.41. The van der Waals surface area contributed by atoms with E-state index in [9.17, 15) is 9.59 Å². The predicted octanol–water partition coefficient (Wildman–Crippen LogP) is 1.33. The van der Waals surface area contributed by atoms with Gasteiger partial charge in [0.1, 0.15) is 5.25 Å². The van der Waals surface area contributed by atoms with Gasteiger partial charge >= 0.3 is 5.97 Å². The van der Waals surface area contributed by atoms with Gasteiger partial charge in [-0.3, -0.25) is 9.59 Å². The highest BCUT2D eigenvalue weighted by molar-refractivity contribution is 8.04. The first-order chi connectivity index (χ1) is 6.63. The van der Waals surface area contributed by atoms with Gasteiger partial charge in [0.25, 0.3) is 0 Å². The summed E-state index contributed by atoms with van der Waals surface area (Å²) in [6, 6.07) is 0. The summed E-state index contributed by atoms with van der Waals surface area (Å²) in [7, 11) is 0. The van der Waals surface area contributed by atoms with Crippen molar-refractivity contribution in [3.8, 4) is 0 Å². The van der Waals surface area contributed by atoms with Gasteiger partial charge in [-0.05, 0) is 6.42 Å².